The van der Waals surface area contributed by atoms with Crippen LogP contribution >= 0.6 is 15.9 Å². The van der Waals surface area contributed by atoms with Crippen molar-refractivity contribution in [3.05, 3.63) is 86.9 Å². The molecule has 1 atom stereocenters. The van der Waals surface area contributed by atoms with Crippen molar-refractivity contribution in [1.29, 1.82) is 0 Å². The highest BCUT2D eigenvalue weighted by molar-refractivity contribution is 9.10. The molecule has 0 unspecified atom stereocenters. The third-order valence-corrected chi connectivity index (χ3v) is 6.89. The van der Waals surface area contributed by atoms with E-state index in [4.69, 9.17) is 9.47 Å². The Morgan fingerprint density at radius 2 is 1.79 bits per heavy atom. The average Bonchev–Trinajstić information content (AvgIpc) is 3.01. The van der Waals surface area contributed by atoms with Crippen LogP contribution in [0.5, 0.6) is 11.5 Å². The Morgan fingerprint density at radius 1 is 1.03 bits per heavy atom. The number of ether oxygens (including phenoxy) is 2. The van der Waals surface area contributed by atoms with E-state index in [9.17, 15) is 14.7 Å². The fourth-order valence-corrected chi connectivity index (χ4v) is 4.96. The quantitative estimate of drug-likeness (QED) is 0.486. The van der Waals surface area contributed by atoms with Crippen LogP contribution in [0.4, 0.5) is 5.69 Å². The van der Waals surface area contributed by atoms with E-state index in [0.29, 0.717) is 48.1 Å². The van der Waals surface area contributed by atoms with Crippen molar-refractivity contribution < 1.29 is 24.2 Å². The number of anilines is 1. The number of hydrogen-bond acceptors (Lipinski definition) is 5. The number of nitrogens with zero attached hydrogens (tertiary/aromatic N) is 1. The normalized spacial score (nSPS) is 18.7. The van der Waals surface area contributed by atoms with Crippen molar-refractivity contribution in [1.82, 2.24) is 0 Å². The molecule has 34 heavy (non-hydrogen) atoms. The molecule has 3 aromatic carbocycles. The van der Waals surface area contributed by atoms with Crippen molar-refractivity contribution in [2.45, 2.75) is 32.4 Å². The van der Waals surface area contributed by atoms with Crippen molar-refractivity contribution in [2.24, 2.45) is 0 Å². The average molecular weight is 522 g/mol. The highest BCUT2D eigenvalue weighted by Gasteiger charge is 2.51. The van der Waals surface area contributed by atoms with Gasteiger partial charge in [-0.1, -0.05) is 39.7 Å². The van der Waals surface area contributed by atoms with Gasteiger partial charge >= 0.3 is 0 Å². The van der Waals surface area contributed by atoms with Crippen LogP contribution in [-0.2, 0) is 16.9 Å². The minimum Gasteiger partial charge on any atom is -0.486 e. The van der Waals surface area contributed by atoms with Crippen LogP contribution in [0, 0.1) is 13.8 Å². The summed E-state index contributed by atoms with van der Waals surface area (Å²) >= 11 is 3.44. The van der Waals surface area contributed by atoms with Gasteiger partial charge in [0.15, 0.2) is 22.9 Å². The molecular formula is C27H24BrNO5. The molecule has 2 aliphatic heterocycles. The molecule has 0 fully saturated rings. The number of Topliss-reactive ketones (excluding diaryl/α,β-unsaturated/α-hetero) is 1. The first-order valence-corrected chi connectivity index (χ1v) is 11.9. The summed E-state index contributed by atoms with van der Waals surface area (Å²) < 4.78 is 11.8. The lowest BCUT2D eigenvalue weighted by Crippen LogP contribution is -2.41. The third-order valence-electron chi connectivity index (χ3n) is 6.40. The van der Waals surface area contributed by atoms with Crippen molar-refractivity contribution in [3.63, 3.8) is 0 Å². The summed E-state index contributed by atoms with van der Waals surface area (Å²) in [5, 5.41) is 11.7. The maximum atomic E-state index is 13.6. The summed E-state index contributed by atoms with van der Waals surface area (Å²) in [4.78, 5) is 28.5. The van der Waals surface area contributed by atoms with E-state index in [1.165, 1.54) is 0 Å². The summed E-state index contributed by atoms with van der Waals surface area (Å²) in [6, 6.07) is 16.3. The van der Waals surface area contributed by atoms with Gasteiger partial charge < -0.3 is 19.5 Å². The molecule has 2 aliphatic rings. The van der Waals surface area contributed by atoms with Gasteiger partial charge in [0.1, 0.15) is 13.2 Å². The second kappa shape index (κ2) is 8.56. The molecule has 0 radical (unpaired) electrons. The van der Waals surface area contributed by atoms with Crippen LogP contribution in [-0.4, -0.2) is 30.0 Å². The number of fused-ring (bicyclic) bond motifs is 2. The van der Waals surface area contributed by atoms with E-state index in [2.05, 4.69) is 22.0 Å². The third kappa shape index (κ3) is 3.89. The van der Waals surface area contributed by atoms with Crippen LogP contribution in [0.1, 0.15) is 39.0 Å². The lowest BCUT2D eigenvalue weighted by atomic mass is 9.88. The second-order valence-electron chi connectivity index (χ2n) is 8.80. The molecule has 1 amide bonds. The zero-order valence-corrected chi connectivity index (χ0v) is 20.5. The lowest BCUT2D eigenvalue weighted by Gasteiger charge is -2.24. The van der Waals surface area contributed by atoms with Crippen LogP contribution in [0.25, 0.3) is 0 Å². The maximum Gasteiger partial charge on any atom is 0.264 e. The maximum absolute atomic E-state index is 13.6. The van der Waals surface area contributed by atoms with Gasteiger partial charge in [0.25, 0.3) is 5.91 Å². The number of amides is 1. The summed E-state index contributed by atoms with van der Waals surface area (Å²) in [6.45, 7) is 5.19. The number of halogens is 1. The van der Waals surface area contributed by atoms with E-state index in [0.717, 1.165) is 21.2 Å². The highest BCUT2D eigenvalue weighted by Crippen LogP contribution is 2.45. The predicted octanol–water partition coefficient (Wildman–Crippen LogP) is 4.84. The van der Waals surface area contributed by atoms with Crippen LogP contribution in [0.2, 0.25) is 0 Å². The molecule has 0 saturated carbocycles. The van der Waals surface area contributed by atoms with Crippen molar-refractivity contribution in [3.8, 4) is 11.5 Å². The number of rotatable bonds is 5. The van der Waals surface area contributed by atoms with Crippen LogP contribution in [0.3, 0.4) is 0 Å². The molecule has 7 heteroatoms. The van der Waals surface area contributed by atoms with Gasteiger partial charge in [-0.2, -0.15) is 0 Å². The standard InChI is InChI=1S/C27H24BrNO5/c1-16-3-4-19(17(2)11-16)15-29-22-7-6-20(28)13-21(22)27(32,26(29)31)14-23(30)18-5-8-24-25(12-18)34-10-9-33-24/h3-8,11-13,32H,9-10,14-15H2,1-2H3/t27-/m0/s1. The SMILES string of the molecule is Cc1ccc(CN2C(=O)[C@](O)(CC(=O)c3ccc4c(c3)OCCO4)c3cc(Br)ccc32)c(C)c1. The summed E-state index contributed by atoms with van der Waals surface area (Å²) in [6.07, 6.45) is -0.377. The van der Waals surface area contributed by atoms with Gasteiger partial charge in [-0.05, 0) is 61.4 Å². The molecule has 0 spiro atoms. The largest absolute Gasteiger partial charge is 0.486 e. The number of aryl methyl sites for hydroxylation is 2. The topological polar surface area (TPSA) is 76.1 Å². The molecule has 2 heterocycles. The Labute approximate surface area is 206 Å². The van der Waals surface area contributed by atoms with Gasteiger partial charge in [-0.15, -0.1) is 0 Å². The second-order valence-corrected chi connectivity index (χ2v) is 9.72. The first-order valence-electron chi connectivity index (χ1n) is 11.1. The number of benzene rings is 3. The Bertz CT molecular complexity index is 1320. The zero-order valence-electron chi connectivity index (χ0n) is 18.9. The first kappa shape index (κ1) is 22.6. The molecular weight excluding hydrogens is 498 g/mol. The number of carbonyl (C=O) groups excluding carboxylic acids is 2. The van der Waals surface area contributed by atoms with Gasteiger partial charge in [-0.25, -0.2) is 0 Å². The highest BCUT2D eigenvalue weighted by atomic mass is 79.9. The van der Waals surface area contributed by atoms with Crippen molar-refractivity contribution >= 4 is 33.3 Å². The Balaban J connectivity index is 1.48. The number of hydrogen-bond donors (Lipinski definition) is 1. The fraction of sp³-hybridized carbons (Fsp3) is 0.259. The lowest BCUT2D eigenvalue weighted by molar-refractivity contribution is -0.136. The zero-order chi connectivity index (χ0) is 24.0. The molecule has 174 valence electrons. The van der Waals surface area contributed by atoms with E-state index >= 15 is 0 Å². The Kier molecular flexibility index (Phi) is 5.70. The van der Waals surface area contributed by atoms with E-state index in [1.54, 1.807) is 35.2 Å². The molecule has 0 aromatic heterocycles. The van der Waals surface area contributed by atoms with Crippen molar-refractivity contribution in [2.75, 3.05) is 18.1 Å². The molecule has 0 bridgehead atoms. The summed E-state index contributed by atoms with van der Waals surface area (Å²) in [5.74, 6) is 0.201. The number of ketones is 1. The predicted molar refractivity (Wildman–Crippen MR) is 132 cm³/mol. The monoisotopic (exact) mass is 521 g/mol. The molecule has 5 rings (SSSR count). The number of aliphatic hydroxyl groups is 1. The fourth-order valence-electron chi connectivity index (χ4n) is 4.60. The van der Waals surface area contributed by atoms with Gasteiger partial charge in [0.2, 0.25) is 0 Å². The molecule has 6 nitrogen and oxygen atoms in total. The minimum atomic E-state index is -1.97. The first-order chi connectivity index (χ1) is 16.3. The number of carbonyl (C=O) groups is 2. The van der Waals surface area contributed by atoms with Crippen LogP contribution < -0.4 is 14.4 Å². The Morgan fingerprint density at radius 3 is 2.56 bits per heavy atom. The minimum absolute atomic E-state index is 0.306. The summed E-state index contributed by atoms with van der Waals surface area (Å²) in [7, 11) is 0. The van der Waals surface area contributed by atoms with E-state index in [-0.39, 0.29) is 12.2 Å². The Hall–Kier alpha value is -3.16. The summed E-state index contributed by atoms with van der Waals surface area (Å²) in [5.41, 5.74) is 2.59. The van der Waals surface area contributed by atoms with E-state index < -0.39 is 11.5 Å². The van der Waals surface area contributed by atoms with Crippen LogP contribution in [0.15, 0.2) is 59.1 Å². The molecule has 1 N–H and O–H groups in total. The van der Waals surface area contributed by atoms with Gasteiger partial charge in [-0.3, -0.25) is 9.59 Å². The van der Waals surface area contributed by atoms with Gasteiger partial charge in [0, 0.05) is 15.6 Å². The van der Waals surface area contributed by atoms with Gasteiger partial charge in [0.05, 0.1) is 18.7 Å². The molecule has 0 aliphatic carbocycles. The molecule has 3 aromatic rings. The molecule has 0 saturated heterocycles. The smallest absolute Gasteiger partial charge is 0.264 e. The van der Waals surface area contributed by atoms with E-state index in [1.807, 2.05) is 32.0 Å².